The molecule has 4 aromatic carbocycles. The summed E-state index contributed by atoms with van der Waals surface area (Å²) in [5.74, 6) is 1.46. The highest BCUT2D eigenvalue weighted by Crippen LogP contribution is 2.32. The SMILES string of the molecule is CC(C)(C)OC(=O)n1c(COc2ccc(C(F)(F)F)cc2)nc2cc(Br)ccc21.ClCCl.FC(F)(F)c1ccc(OCc2nc3ccc(Br)cc3[nH]2)cc1. The van der Waals surface area contributed by atoms with Crippen molar-refractivity contribution in [3.63, 3.8) is 0 Å². The van der Waals surface area contributed by atoms with Gasteiger partial charge in [0.15, 0.2) is 5.82 Å². The summed E-state index contributed by atoms with van der Waals surface area (Å²) < 4.78 is 94.9. The Hall–Kier alpha value is -3.99. The van der Waals surface area contributed by atoms with E-state index >= 15 is 0 Å². The largest absolute Gasteiger partial charge is 0.486 e. The Morgan fingerprint density at radius 3 is 1.74 bits per heavy atom. The molecule has 0 fully saturated rings. The first kappa shape index (κ1) is 42.7. The average molecular weight is 927 g/mol. The van der Waals surface area contributed by atoms with Crippen LogP contribution < -0.4 is 9.47 Å². The Morgan fingerprint density at radius 2 is 1.22 bits per heavy atom. The van der Waals surface area contributed by atoms with E-state index in [1.165, 1.54) is 28.8 Å². The minimum absolute atomic E-state index is 0.128. The predicted octanol–water partition coefficient (Wildman–Crippen LogP) is 12.5. The van der Waals surface area contributed by atoms with Gasteiger partial charge in [-0.15, -0.1) is 23.2 Å². The van der Waals surface area contributed by atoms with E-state index in [0.717, 1.165) is 44.2 Å². The Balaban J connectivity index is 0.000000231. The first-order chi connectivity index (χ1) is 25.3. The molecule has 0 atom stereocenters. The smallest absolute Gasteiger partial charge is 0.420 e. The van der Waals surface area contributed by atoms with Crippen molar-refractivity contribution in [3.8, 4) is 11.5 Å². The van der Waals surface area contributed by atoms with Crippen LogP contribution >= 0.6 is 55.1 Å². The number of hydrogen-bond donors (Lipinski definition) is 1. The van der Waals surface area contributed by atoms with Gasteiger partial charge in [-0.05, 0) is 106 Å². The summed E-state index contributed by atoms with van der Waals surface area (Å²) >= 11 is 16.3. The number of carbonyl (C=O) groups is 1. The van der Waals surface area contributed by atoms with Crippen molar-refractivity contribution in [1.82, 2.24) is 19.5 Å². The molecule has 2 heterocycles. The minimum atomic E-state index is -4.42. The number of imidazole rings is 2. The van der Waals surface area contributed by atoms with Crippen molar-refractivity contribution < 1.29 is 45.3 Å². The van der Waals surface area contributed by atoms with Crippen LogP contribution in [0.2, 0.25) is 0 Å². The molecule has 1 N–H and O–H groups in total. The fraction of sp³-hybridized carbons (Fsp3) is 0.250. The van der Waals surface area contributed by atoms with E-state index in [1.807, 2.05) is 18.2 Å². The number of alkyl halides is 8. The minimum Gasteiger partial charge on any atom is -0.486 e. The molecule has 0 aliphatic rings. The van der Waals surface area contributed by atoms with Gasteiger partial charge in [0, 0.05) is 8.95 Å². The molecule has 0 aliphatic carbocycles. The Kier molecular flexibility index (Phi) is 14.3. The third kappa shape index (κ3) is 12.3. The van der Waals surface area contributed by atoms with Crippen molar-refractivity contribution in [2.24, 2.45) is 0 Å². The quantitative estimate of drug-likeness (QED) is 0.132. The molecule has 0 radical (unpaired) electrons. The number of carbonyl (C=O) groups excluding carboxylic acids is 1. The molecule has 6 aromatic rings. The lowest BCUT2D eigenvalue weighted by Crippen LogP contribution is -2.28. The van der Waals surface area contributed by atoms with E-state index in [1.54, 1.807) is 39.0 Å². The summed E-state index contributed by atoms with van der Waals surface area (Å²) in [7, 11) is 0. The van der Waals surface area contributed by atoms with Crippen LogP contribution in [0.15, 0.2) is 93.9 Å². The number of nitrogens with one attached hydrogen (secondary N) is 1. The second-order valence-electron chi connectivity index (χ2n) is 12.0. The summed E-state index contributed by atoms with van der Waals surface area (Å²) in [6.45, 7) is 5.27. The molecule has 0 saturated heterocycles. The molecular formula is C36H30Br2Cl2F6N4O4. The zero-order chi connectivity index (χ0) is 39.8. The molecular weight excluding hydrogens is 897 g/mol. The number of fused-ring (bicyclic) bond motifs is 2. The van der Waals surface area contributed by atoms with Crippen LogP contribution in [0.25, 0.3) is 22.1 Å². The Bertz CT molecular complexity index is 2170. The first-order valence-electron chi connectivity index (χ1n) is 15.5. The van der Waals surface area contributed by atoms with Crippen molar-refractivity contribution >= 4 is 83.2 Å². The molecule has 0 unspecified atom stereocenters. The third-order valence-electron chi connectivity index (χ3n) is 6.86. The van der Waals surface area contributed by atoms with Crippen LogP contribution in [0.1, 0.15) is 43.5 Å². The maximum Gasteiger partial charge on any atom is 0.420 e. The summed E-state index contributed by atoms with van der Waals surface area (Å²) in [4.78, 5) is 24.6. The van der Waals surface area contributed by atoms with Crippen molar-refractivity contribution in [2.45, 2.75) is 51.9 Å². The first-order valence-corrected chi connectivity index (χ1v) is 18.2. The molecule has 8 nitrogen and oxygen atoms in total. The summed E-state index contributed by atoms with van der Waals surface area (Å²) in [6.07, 6.45) is -9.38. The second kappa shape index (κ2) is 18.1. The van der Waals surface area contributed by atoms with Gasteiger partial charge in [-0.1, -0.05) is 31.9 Å². The second-order valence-corrected chi connectivity index (χ2v) is 14.7. The number of benzene rings is 4. The van der Waals surface area contributed by atoms with Crippen molar-refractivity contribution in [3.05, 3.63) is 117 Å². The zero-order valence-corrected chi connectivity index (χ0v) is 33.1. The summed E-state index contributed by atoms with van der Waals surface area (Å²) in [6, 6.07) is 19.7. The third-order valence-corrected chi connectivity index (χ3v) is 7.85. The number of halogens is 10. The van der Waals surface area contributed by atoms with Gasteiger partial charge in [0.25, 0.3) is 0 Å². The van der Waals surface area contributed by atoms with Gasteiger partial charge in [0.2, 0.25) is 0 Å². The van der Waals surface area contributed by atoms with Gasteiger partial charge in [0.05, 0.1) is 38.5 Å². The Labute approximate surface area is 332 Å². The van der Waals surface area contributed by atoms with Gasteiger partial charge < -0.3 is 19.2 Å². The number of aromatic nitrogens is 4. The van der Waals surface area contributed by atoms with E-state index < -0.39 is 35.2 Å². The lowest BCUT2D eigenvalue weighted by molar-refractivity contribution is -0.138. The van der Waals surface area contributed by atoms with Crippen LogP contribution in [-0.4, -0.2) is 36.6 Å². The average Bonchev–Trinajstić information content (AvgIpc) is 3.66. The van der Waals surface area contributed by atoms with Crippen LogP contribution in [0, 0.1) is 0 Å². The number of rotatable bonds is 6. The van der Waals surface area contributed by atoms with Gasteiger partial charge >= 0.3 is 18.4 Å². The fourth-order valence-corrected chi connectivity index (χ4v) is 5.30. The number of nitrogens with zero attached hydrogens (tertiary/aromatic N) is 3. The molecule has 288 valence electrons. The number of ether oxygens (including phenoxy) is 3. The normalized spacial score (nSPS) is 11.7. The molecule has 6 rings (SSSR count). The van der Waals surface area contributed by atoms with E-state index in [2.05, 4.69) is 46.8 Å². The maximum atomic E-state index is 12.7. The fourth-order valence-electron chi connectivity index (χ4n) is 4.59. The lowest BCUT2D eigenvalue weighted by atomic mass is 10.2. The predicted molar refractivity (Wildman–Crippen MR) is 201 cm³/mol. The molecule has 0 amide bonds. The molecule has 0 aliphatic heterocycles. The molecule has 0 saturated carbocycles. The monoisotopic (exact) mass is 924 g/mol. The van der Waals surface area contributed by atoms with E-state index in [0.29, 0.717) is 22.6 Å². The lowest BCUT2D eigenvalue weighted by Gasteiger charge is -2.20. The highest BCUT2D eigenvalue weighted by atomic mass is 79.9. The summed E-state index contributed by atoms with van der Waals surface area (Å²) in [5.41, 5.74) is 0.567. The van der Waals surface area contributed by atoms with E-state index in [4.69, 9.17) is 37.4 Å². The zero-order valence-electron chi connectivity index (χ0n) is 28.5. The van der Waals surface area contributed by atoms with Gasteiger partial charge in [-0.3, -0.25) is 0 Å². The molecule has 0 spiro atoms. The molecule has 2 aromatic heterocycles. The van der Waals surface area contributed by atoms with E-state index in [9.17, 15) is 31.1 Å². The molecule has 18 heteroatoms. The van der Waals surface area contributed by atoms with Crippen LogP contribution in [-0.2, 0) is 30.3 Å². The topological polar surface area (TPSA) is 91.3 Å². The Morgan fingerprint density at radius 1 is 0.722 bits per heavy atom. The van der Waals surface area contributed by atoms with E-state index in [-0.39, 0.29) is 30.1 Å². The van der Waals surface area contributed by atoms with Gasteiger partial charge in [-0.2, -0.15) is 26.3 Å². The van der Waals surface area contributed by atoms with Gasteiger partial charge in [0.1, 0.15) is 36.1 Å². The summed E-state index contributed by atoms with van der Waals surface area (Å²) in [5, 5.41) is 0.194. The van der Waals surface area contributed by atoms with Crippen molar-refractivity contribution in [1.29, 1.82) is 0 Å². The highest BCUT2D eigenvalue weighted by Gasteiger charge is 2.31. The van der Waals surface area contributed by atoms with Crippen LogP contribution in [0.4, 0.5) is 31.1 Å². The standard InChI is InChI=1S/C20H18BrF3N2O3.C15H10BrF3N2O.CH2Cl2/c1-19(2,3)29-18(27)26-16-9-6-13(21)10-15(16)25-17(26)11-28-14-7-4-12(5-8-14)20(22,23)24;16-10-3-6-12-13(7-10)21-14(20-12)8-22-11-4-1-9(2-5-11)15(17,18)19;2-1-3/h4-10H,11H2,1-3H3;1-7H,8H2,(H,20,21);1H2. The number of aromatic amines is 1. The number of H-pyrrole nitrogens is 1. The molecule has 54 heavy (non-hydrogen) atoms. The van der Waals surface area contributed by atoms with Crippen molar-refractivity contribution in [2.75, 3.05) is 5.34 Å². The van der Waals surface area contributed by atoms with Crippen LogP contribution in [0.3, 0.4) is 0 Å². The van der Waals surface area contributed by atoms with Gasteiger partial charge in [-0.25, -0.2) is 19.3 Å². The molecule has 0 bridgehead atoms. The number of hydrogen-bond acceptors (Lipinski definition) is 6. The highest BCUT2D eigenvalue weighted by molar-refractivity contribution is 9.10. The van der Waals surface area contributed by atoms with Crippen LogP contribution in [0.5, 0.6) is 11.5 Å². The maximum absolute atomic E-state index is 12.7.